The first-order valence-electron chi connectivity index (χ1n) is 47.0. The first-order valence-corrected chi connectivity index (χ1v) is 47.0. The second-order valence-corrected chi connectivity index (χ2v) is 37.6. The van der Waals surface area contributed by atoms with Crippen molar-refractivity contribution in [1.29, 1.82) is 0 Å². The minimum absolute atomic E-state index is 0.000946. The van der Waals surface area contributed by atoms with Gasteiger partial charge < -0.3 is 87.0 Å². The van der Waals surface area contributed by atoms with E-state index in [0.717, 1.165) is 27.6 Å². The third-order valence-corrected chi connectivity index (χ3v) is 27.1. The molecule has 3 aromatic heterocycles. The van der Waals surface area contributed by atoms with Gasteiger partial charge in [0.15, 0.2) is 0 Å². The predicted octanol–water partition coefficient (Wildman–Crippen LogP) is 9.25. The summed E-state index contributed by atoms with van der Waals surface area (Å²) in [6.45, 7) is 6.45. The summed E-state index contributed by atoms with van der Waals surface area (Å²) in [6.07, 6.45) is 7.55. The molecule has 18 rings (SSSR count). The Hall–Kier alpha value is -15.2. The second-order valence-electron chi connectivity index (χ2n) is 37.6. The van der Waals surface area contributed by atoms with Crippen LogP contribution in [0.3, 0.4) is 0 Å². The lowest BCUT2D eigenvalue weighted by atomic mass is 9.95. The van der Waals surface area contributed by atoms with Crippen molar-refractivity contribution < 1.29 is 71.4 Å². The van der Waals surface area contributed by atoms with E-state index in [1.807, 2.05) is 172 Å². The number of benzene rings is 9. The third kappa shape index (κ3) is 20.9. The molecule has 137 heavy (non-hydrogen) atoms. The normalized spacial score (nSPS) is 22.9. The van der Waals surface area contributed by atoms with Crippen LogP contribution in [-0.4, -0.2) is 205 Å². The number of methoxy groups -OCH3 is 1. The summed E-state index contributed by atoms with van der Waals surface area (Å²) in [5.41, 5.74) is 10.4. The first kappa shape index (κ1) is 92.2. The van der Waals surface area contributed by atoms with Crippen molar-refractivity contribution >= 4 is 104 Å². The average molecular weight is 1850 g/mol. The summed E-state index contributed by atoms with van der Waals surface area (Å²) in [5, 5.41) is 29.3. The number of para-hydroxylation sites is 3. The first-order chi connectivity index (χ1) is 66.2. The number of hydrogen-bond acceptors (Lipinski definition) is 14. The molecule has 704 valence electrons. The molecular weight excluding hydrogens is 1740 g/mol. The Morgan fingerprint density at radius 3 is 1.04 bits per heavy atom. The molecule has 9 aromatic carbocycles. The molecule has 12 N–H and O–H groups in total. The number of hydrogen-bond donors (Lipinski definition) is 12. The van der Waals surface area contributed by atoms with Gasteiger partial charge in [-0.25, -0.2) is 4.39 Å². The van der Waals surface area contributed by atoms with Crippen LogP contribution in [0, 0.1) is 5.82 Å². The van der Waals surface area contributed by atoms with Crippen LogP contribution < -0.4 is 57.3 Å². The fourth-order valence-corrected chi connectivity index (χ4v) is 20.2. The van der Waals surface area contributed by atoms with Gasteiger partial charge in [0, 0.05) is 129 Å². The zero-order chi connectivity index (χ0) is 95.3. The molecule has 30 heteroatoms. The van der Waals surface area contributed by atoms with Crippen molar-refractivity contribution in [3.63, 3.8) is 0 Å². The van der Waals surface area contributed by atoms with Crippen molar-refractivity contribution in [3.05, 3.63) is 287 Å². The van der Waals surface area contributed by atoms with Crippen molar-refractivity contribution in [2.75, 3.05) is 26.7 Å². The number of nitrogens with one attached hydrogen (secondary N) is 12. The SMILES string of the molecule is COc1ccc(C[C@@H]2NC(=O)[C@H]3CCCN3C(=O)[C@H](Cc3cccc(-c4cccc5c(C[C@H]6NC(=O)[C@H](Cc7ccc(OC(C)(C)C)cc7)NC(=O)[C@H]7CCCN7C(=O)[C@H](Cc7cccc(-c8cccc9c(C[C@H]%10NC(=O)[C@H](Cc%11ccc(F)cc%11)NC(=O)[C@H]%11CCCN%11C(=O)[C@H](Cc%11ccccc%11)NC%10=O)c[nH]c89)c7)NC6=O)c[nH]c45)c3)NC(=O)[C@@H](Cc3c[nH]c4ccccc34)NC2=O)cc1. The van der Waals surface area contributed by atoms with Gasteiger partial charge in [-0.1, -0.05) is 170 Å². The highest BCUT2D eigenvalue weighted by Gasteiger charge is 2.46. The zero-order valence-electron chi connectivity index (χ0n) is 76.5. The van der Waals surface area contributed by atoms with Crippen LogP contribution >= 0.6 is 0 Å². The number of aromatic amines is 3. The Morgan fingerprint density at radius 2 is 0.628 bits per heavy atom. The molecule has 0 unspecified atom stereocenters. The van der Waals surface area contributed by atoms with Crippen molar-refractivity contribution in [2.24, 2.45) is 0 Å². The number of carbonyl (C=O) groups excluding carboxylic acids is 12. The van der Waals surface area contributed by atoms with E-state index in [4.69, 9.17) is 9.47 Å². The Bertz CT molecular complexity index is 6610. The number of amides is 12. The summed E-state index contributed by atoms with van der Waals surface area (Å²) < 4.78 is 25.8. The van der Waals surface area contributed by atoms with Gasteiger partial charge >= 0.3 is 0 Å². The molecule has 0 spiro atoms. The Kier molecular flexibility index (Phi) is 27.0. The van der Waals surface area contributed by atoms with Crippen LogP contribution in [0.25, 0.3) is 55.0 Å². The molecule has 0 radical (unpaired) electrons. The summed E-state index contributed by atoms with van der Waals surface area (Å²) in [5.74, 6) is -6.13. The van der Waals surface area contributed by atoms with Crippen LogP contribution in [-0.2, 0) is 115 Å². The zero-order valence-corrected chi connectivity index (χ0v) is 76.5. The summed E-state index contributed by atoms with van der Waals surface area (Å²) in [4.78, 5) is 196. The average Bonchev–Trinajstić information content (AvgIpc) is 1.64. The number of aromatic nitrogens is 3. The number of halogens is 1. The molecule has 0 aliphatic carbocycles. The molecule has 6 aliphatic heterocycles. The quantitative estimate of drug-likeness (QED) is 0.0301. The monoisotopic (exact) mass is 1850 g/mol. The molecule has 9 heterocycles. The number of nitrogens with zero attached hydrogens (tertiary/aromatic N) is 3. The summed E-state index contributed by atoms with van der Waals surface area (Å²) in [7, 11) is 1.55. The third-order valence-electron chi connectivity index (χ3n) is 27.1. The topological polar surface area (TPSA) is 389 Å². The minimum Gasteiger partial charge on any atom is -0.497 e. The standard InChI is InChI=1S/C107H110FN15O14/c1-107(2,3)137-74-42-36-64(37-43-74)51-83-97(126)114-86(57-71-60-111-94-77(25-13-27-79(71)94)67-21-10-19-65(47-67)53-88-105(134)122-45-15-30-91(122)102(131)116-82(50-63-34-40-73(136-4)41-35-63)96(125)112-84(98(127)119-88)55-69-58-109-80-28-9-8-23-75(69)80)100(129)120-89(106(135)123-46-16-31-92(123)103(132)117-83)54-66-20-11-22-68(48-66)76-24-12-26-78-70(59-110-93(76)78)56-85-99(128)118-87(52-61-17-6-5-7-18-61)104(133)121-44-14-29-90(121)101(130)115-81(95(124)113-85)49-62-32-38-72(108)39-33-62/h5-13,17-28,32-43,47-48,58-60,81-92,109-111H,14-16,29-31,44-46,49-57H2,1-4H3,(H,112,125)(H,113,124)(H,114,126)(H,115,130)(H,116,131)(H,117,132)(H,118,128)(H,119,127)(H,120,129)/t81-,82-,83-,84+,85+,86+,87-,88-,89-,90+,91+,92+/m0/s1. The lowest BCUT2D eigenvalue weighted by molar-refractivity contribution is -0.143. The van der Waals surface area contributed by atoms with Crippen LogP contribution in [0.4, 0.5) is 4.39 Å². The number of ether oxygens (including phenoxy) is 2. The number of carbonyl (C=O) groups is 12. The lowest BCUT2D eigenvalue weighted by Crippen LogP contribution is -2.62. The van der Waals surface area contributed by atoms with Gasteiger partial charge in [-0.2, -0.15) is 0 Å². The minimum atomic E-state index is -1.38. The van der Waals surface area contributed by atoms with Crippen LogP contribution in [0.2, 0.25) is 0 Å². The smallest absolute Gasteiger partial charge is 0.246 e. The fraction of sp³-hybridized carbons (Fsp3) is 0.327. The van der Waals surface area contributed by atoms with Gasteiger partial charge in [0.25, 0.3) is 0 Å². The maximum atomic E-state index is 15.9. The van der Waals surface area contributed by atoms with Gasteiger partial charge in [-0.15, -0.1) is 0 Å². The van der Waals surface area contributed by atoms with Crippen LogP contribution in [0.5, 0.6) is 11.5 Å². The number of H-pyrrole nitrogens is 3. The van der Waals surface area contributed by atoms with E-state index in [9.17, 15) is 28.4 Å². The molecule has 12 amide bonds. The fourth-order valence-electron chi connectivity index (χ4n) is 20.2. The highest BCUT2D eigenvalue weighted by molar-refractivity contribution is 6.04. The molecular formula is C107H110FN15O14. The largest absolute Gasteiger partial charge is 0.497 e. The highest BCUT2D eigenvalue weighted by atomic mass is 19.1. The van der Waals surface area contributed by atoms with Crippen molar-refractivity contribution in [2.45, 2.75) is 195 Å². The van der Waals surface area contributed by atoms with Gasteiger partial charge in [0.1, 0.15) is 95.4 Å². The van der Waals surface area contributed by atoms with E-state index >= 15 is 33.6 Å². The van der Waals surface area contributed by atoms with Crippen molar-refractivity contribution in [3.8, 4) is 33.8 Å². The maximum Gasteiger partial charge on any atom is 0.246 e. The van der Waals surface area contributed by atoms with Crippen LogP contribution in [0.15, 0.2) is 231 Å². The van der Waals surface area contributed by atoms with Crippen LogP contribution in [0.1, 0.15) is 109 Å². The number of fused-ring (bicyclic) bond motifs is 6. The van der Waals surface area contributed by atoms with Gasteiger partial charge in [-0.3, -0.25) is 57.5 Å². The van der Waals surface area contributed by atoms with Gasteiger partial charge in [-0.05, 0) is 163 Å². The molecule has 12 atom stereocenters. The van der Waals surface area contributed by atoms with E-state index in [1.54, 1.807) is 62.1 Å². The van der Waals surface area contributed by atoms with Crippen molar-refractivity contribution in [1.82, 2.24) is 77.5 Å². The highest BCUT2D eigenvalue weighted by Crippen LogP contribution is 2.36. The lowest BCUT2D eigenvalue weighted by Gasteiger charge is -2.32. The van der Waals surface area contributed by atoms with E-state index in [0.29, 0.717) is 121 Å². The van der Waals surface area contributed by atoms with E-state index < -0.39 is 155 Å². The molecule has 12 aromatic rings. The molecule has 6 fully saturated rings. The molecule has 6 aliphatic rings. The Balaban J connectivity index is 0.633. The van der Waals surface area contributed by atoms with E-state index in [2.05, 4.69) is 62.8 Å². The van der Waals surface area contributed by atoms with Gasteiger partial charge in [0.2, 0.25) is 70.9 Å². The Labute approximate surface area is 790 Å². The summed E-state index contributed by atoms with van der Waals surface area (Å²) >= 11 is 0. The van der Waals surface area contributed by atoms with Gasteiger partial charge in [0.05, 0.1) is 18.1 Å². The predicted molar refractivity (Wildman–Crippen MR) is 513 cm³/mol. The number of rotatable bonds is 22. The van der Waals surface area contributed by atoms with E-state index in [1.165, 1.54) is 39.0 Å². The molecule has 0 bridgehead atoms. The summed E-state index contributed by atoms with van der Waals surface area (Å²) in [6, 6.07) is 49.0. The Morgan fingerprint density at radius 1 is 0.314 bits per heavy atom. The molecule has 6 saturated heterocycles. The van der Waals surface area contributed by atoms with E-state index in [-0.39, 0.29) is 83.8 Å². The second kappa shape index (κ2) is 40.1. The molecule has 0 saturated carbocycles. The molecule has 29 nitrogen and oxygen atoms in total. The maximum absolute atomic E-state index is 15.9.